The summed E-state index contributed by atoms with van der Waals surface area (Å²) in [5.74, 6) is -0.167. The van der Waals surface area contributed by atoms with Crippen molar-refractivity contribution in [3.05, 3.63) is 0 Å². The van der Waals surface area contributed by atoms with Crippen LogP contribution in [0.5, 0.6) is 0 Å². The van der Waals surface area contributed by atoms with E-state index in [0.29, 0.717) is 39.5 Å². The summed E-state index contributed by atoms with van der Waals surface area (Å²) in [5.41, 5.74) is -0.965. The van der Waals surface area contributed by atoms with E-state index in [1.54, 1.807) is 20.8 Å². The second-order valence-electron chi connectivity index (χ2n) is 5.41. The van der Waals surface area contributed by atoms with Crippen LogP contribution >= 0.6 is 0 Å². The fourth-order valence-electron chi connectivity index (χ4n) is 1.52. The fourth-order valence-corrected chi connectivity index (χ4v) is 1.52. The van der Waals surface area contributed by atoms with E-state index in [9.17, 15) is 9.18 Å². The summed E-state index contributed by atoms with van der Waals surface area (Å²) in [5, 5.41) is 5.51. The van der Waals surface area contributed by atoms with Gasteiger partial charge in [0.2, 0.25) is 5.91 Å². The van der Waals surface area contributed by atoms with Gasteiger partial charge in [-0.2, -0.15) is 0 Å². The summed E-state index contributed by atoms with van der Waals surface area (Å²) in [4.78, 5) is 11.1. The van der Waals surface area contributed by atoms with Crippen molar-refractivity contribution >= 4 is 5.91 Å². The van der Waals surface area contributed by atoms with E-state index < -0.39 is 11.8 Å². The Bertz CT molecular complexity index is 291. The summed E-state index contributed by atoms with van der Waals surface area (Å²) in [6.07, 6.45) is -0.925. The molecule has 22 heavy (non-hydrogen) atoms. The smallest absolute Gasteiger partial charge is 0.219 e. The van der Waals surface area contributed by atoms with Crippen LogP contribution in [0.4, 0.5) is 4.39 Å². The highest BCUT2D eigenvalue weighted by Gasteiger charge is 2.30. The van der Waals surface area contributed by atoms with E-state index in [4.69, 9.17) is 14.2 Å². The molecule has 0 aliphatic heterocycles. The largest absolute Gasteiger partial charge is 0.378 e. The van der Waals surface area contributed by atoms with E-state index in [1.165, 1.54) is 0 Å². The molecule has 1 amide bonds. The van der Waals surface area contributed by atoms with Crippen LogP contribution in [-0.2, 0) is 19.0 Å². The van der Waals surface area contributed by atoms with E-state index >= 15 is 0 Å². The summed E-state index contributed by atoms with van der Waals surface area (Å²) >= 11 is 0. The van der Waals surface area contributed by atoms with Crippen LogP contribution in [0.1, 0.15) is 27.2 Å². The molecule has 1 unspecified atom stereocenters. The van der Waals surface area contributed by atoms with Crippen molar-refractivity contribution in [3.8, 4) is 0 Å². The molecule has 0 aliphatic rings. The maximum absolute atomic E-state index is 14.0. The van der Waals surface area contributed by atoms with Crippen molar-refractivity contribution in [2.24, 2.45) is 0 Å². The third-order valence-electron chi connectivity index (χ3n) is 3.12. The molecule has 7 heteroatoms. The normalized spacial score (nSPS) is 13.1. The van der Waals surface area contributed by atoms with Gasteiger partial charge in [0.1, 0.15) is 6.17 Å². The van der Waals surface area contributed by atoms with Gasteiger partial charge in [0, 0.05) is 13.0 Å². The highest BCUT2D eigenvalue weighted by molar-refractivity contribution is 5.75. The van der Waals surface area contributed by atoms with Crippen molar-refractivity contribution in [3.63, 3.8) is 0 Å². The Hall–Kier alpha value is -0.760. The number of hydrogen-bond donors (Lipinski definition) is 2. The zero-order valence-electron chi connectivity index (χ0n) is 14.2. The van der Waals surface area contributed by atoms with Gasteiger partial charge in [-0.1, -0.05) is 6.92 Å². The van der Waals surface area contributed by atoms with Gasteiger partial charge in [-0.25, -0.2) is 4.39 Å². The number of amides is 1. The van der Waals surface area contributed by atoms with Crippen molar-refractivity contribution in [2.75, 3.05) is 53.2 Å². The van der Waals surface area contributed by atoms with Gasteiger partial charge in [-0.3, -0.25) is 4.79 Å². The van der Waals surface area contributed by atoms with Gasteiger partial charge >= 0.3 is 0 Å². The third kappa shape index (κ3) is 10.9. The highest BCUT2D eigenvalue weighted by Crippen LogP contribution is 2.17. The van der Waals surface area contributed by atoms with Gasteiger partial charge < -0.3 is 24.8 Å². The standard InChI is InChI=1S/C15H31FN2O4/c1-5-14(19)18-12-13(16)15(2,3)22-11-10-21-9-8-20-7-6-17-4/h13,17H,5-12H2,1-4H3,(H,18,19). The number of ether oxygens (including phenoxy) is 3. The zero-order chi connectivity index (χ0) is 16.8. The van der Waals surface area contributed by atoms with Crippen molar-refractivity contribution in [2.45, 2.75) is 39.0 Å². The minimum absolute atomic E-state index is 0.0418. The summed E-state index contributed by atoms with van der Waals surface area (Å²) in [6, 6.07) is 0. The lowest BCUT2D eigenvalue weighted by Gasteiger charge is -2.29. The molecule has 132 valence electrons. The topological polar surface area (TPSA) is 68.8 Å². The number of nitrogens with one attached hydrogen (secondary N) is 2. The Morgan fingerprint density at radius 1 is 1.14 bits per heavy atom. The number of alkyl halides is 1. The SMILES string of the molecule is CCC(=O)NCC(F)C(C)(C)OCCOCCOCCNC. The molecular formula is C15H31FN2O4. The second kappa shape index (κ2) is 12.8. The van der Waals surface area contributed by atoms with E-state index in [-0.39, 0.29) is 12.5 Å². The molecule has 0 radical (unpaired) electrons. The second-order valence-corrected chi connectivity index (χ2v) is 5.41. The first-order chi connectivity index (χ1) is 10.4. The molecule has 0 aromatic heterocycles. The lowest BCUT2D eigenvalue weighted by atomic mass is 10.0. The van der Waals surface area contributed by atoms with E-state index in [2.05, 4.69) is 10.6 Å². The Morgan fingerprint density at radius 3 is 2.32 bits per heavy atom. The summed E-state index contributed by atoms with van der Waals surface area (Å²) in [6.45, 7) is 8.16. The van der Waals surface area contributed by atoms with Crippen LogP contribution in [0.15, 0.2) is 0 Å². The molecule has 6 nitrogen and oxygen atoms in total. The molecule has 0 aromatic rings. The molecule has 0 bridgehead atoms. The minimum atomic E-state index is -1.27. The van der Waals surface area contributed by atoms with Crippen LogP contribution in [0, 0.1) is 0 Å². The maximum atomic E-state index is 14.0. The molecule has 2 N–H and O–H groups in total. The minimum Gasteiger partial charge on any atom is -0.378 e. The van der Waals surface area contributed by atoms with Crippen LogP contribution < -0.4 is 10.6 Å². The van der Waals surface area contributed by atoms with Crippen LogP contribution in [0.3, 0.4) is 0 Å². The predicted molar refractivity (Wildman–Crippen MR) is 83.8 cm³/mol. The number of carbonyl (C=O) groups is 1. The van der Waals surface area contributed by atoms with Gasteiger partial charge in [0.05, 0.1) is 45.2 Å². The monoisotopic (exact) mass is 322 g/mol. The predicted octanol–water partition coefficient (Wildman–Crippen LogP) is 0.899. The summed E-state index contributed by atoms with van der Waals surface area (Å²) in [7, 11) is 1.87. The van der Waals surface area contributed by atoms with Crippen LogP contribution in [-0.4, -0.2) is 70.9 Å². The van der Waals surface area contributed by atoms with Crippen molar-refractivity contribution < 1.29 is 23.4 Å². The molecule has 0 aromatic carbocycles. The molecule has 0 aliphatic carbocycles. The number of carbonyl (C=O) groups excluding carboxylic acids is 1. The Kier molecular flexibility index (Phi) is 12.3. The first-order valence-corrected chi connectivity index (χ1v) is 7.78. The molecule has 0 saturated heterocycles. The molecule has 0 fully saturated rings. The van der Waals surface area contributed by atoms with Crippen molar-refractivity contribution in [1.29, 1.82) is 0 Å². The van der Waals surface area contributed by atoms with E-state index in [0.717, 1.165) is 6.54 Å². The molecule has 0 rings (SSSR count). The fraction of sp³-hybridized carbons (Fsp3) is 0.933. The van der Waals surface area contributed by atoms with Gasteiger partial charge in [-0.05, 0) is 20.9 Å². The van der Waals surface area contributed by atoms with Gasteiger partial charge in [-0.15, -0.1) is 0 Å². The first-order valence-electron chi connectivity index (χ1n) is 7.78. The molecule has 1 atom stereocenters. The number of hydrogen-bond acceptors (Lipinski definition) is 5. The van der Waals surface area contributed by atoms with Gasteiger partial charge in [0.15, 0.2) is 0 Å². The zero-order valence-corrected chi connectivity index (χ0v) is 14.2. The molecule has 0 saturated carbocycles. The lowest BCUT2D eigenvalue weighted by molar-refractivity contribution is -0.122. The third-order valence-corrected chi connectivity index (χ3v) is 3.12. The lowest BCUT2D eigenvalue weighted by Crippen LogP contribution is -2.44. The van der Waals surface area contributed by atoms with Crippen LogP contribution in [0.25, 0.3) is 0 Å². The Labute approximate surface area is 133 Å². The number of rotatable bonds is 14. The average molecular weight is 322 g/mol. The average Bonchev–Trinajstić information content (AvgIpc) is 2.50. The molecule has 0 heterocycles. The molecule has 0 spiro atoms. The maximum Gasteiger partial charge on any atom is 0.219 e. The Morgan fingerprint density at radius 2 is 1.73 bits per heavy atom. The highest BCUT2D eigenvalue weighted by atomic mass is 19.1. The van der Waals surface area contributed by atoms with Crippen LogP contribution in [0.2, 0.25) is 0 Å². The quantitative estimate of drug-likeness (QED) is 0.465. The van der Waals surface area contributed by atoms with Gasteiger partial charge in [0.25, 0.3) is 0 Å². The van der Waals surface area contributed by atoms with Crippen molar-refractivity contribution in [1.82, 2.24) is 10.6 Å². The van der Waals surface area contributed by atoms with E-state index in [1.807, 2.05) is 7.05 Å². The number of likely N-dealkylation sites (N-methyl/N-ethyl adjacent to an activating group) is 1. The number of halogens is 1. The Balaban J connectivity index is 3.63. The first kappa shape index (κ1) is 21.2. The molecular weight excluding hydrogens is 291 g/mol. The summed E-state index contributed by atoms with van der Waals surface area (Å²) < 4.78 is 30.2.